The van der Waals surface area contributed by atoms with Gasteiger partial charge in [-0.1, -0.05) is 17.7 Å². The number of ether oxygens (including phenoxy) is 4. The van der Waals surface area contributed by atoms with Crippen molar-refractivity contribution in [3.05, 3.63) is 56.6 Å². The van der Waals surface area contributed by atoms with Crippen LogP contribution in [0.2, 0.25) is 5.02 Å². The molecule has 0 spiro atoms. The number of phenols is 2. The first-order valence-electron chi connectivity index (χ1n) is 10.1. The summed E-state index contributed by atoms with van der Waals surface area (Å²) in [6.07, 6.45) is 1.38. The van der Waals surface area contributed by atoms with E-state index in [4.69, 9.17) is 30.5 Å². The minimum absolute atomic E-state index is 0.0370. The Balaban J connectivity index is 2.46. The predicted octanol–water partition coefficient (Wildman–Crippen LogP) is 4.59. The predicted molar refractivity (Wildman–Crippen MR) is 125 cm³/mol. The fraction of sp³-hybridized carbons (Fsp3) is 0.348. The number of hydrogen-bond acceptors (Lipinski definition) is 9. The number of aromatic hydroxyl groups is 2. The third kappa shape index (κ3) is 5.45. The third-order valence-corrected chi connectivity index (χ3v) is 5.44. The second kappa shape index (κ2) is 11.5. The normalized spacial score (nSPS) is 11.4. The molecular weight excluding hydrogens is 470 g/mol. The first-order chi connectivity index (χ1) is 16.1. The maximum atomic E-state index is 13.0. The summed E-state index contributed by atoms with van der Waals surface area (Å²) in [4.78, 5) is 23.9. The summed E-state index contributed by atoms with van der Waals surface area (Å²) in [6.45, 7) is 5.18. The van der Waals surface area contributed by atoms with Crippen LogP contribution in [-0.2, 0) is 17.6 Å². The van der Waals surface area contributed by atoms with E-state index in [0.717, 1.165) is 6.07 Å². The summed E-state index contributed by atoms with van der Waals surface area (Å²) >= 11 is 6.16. The first-order valence-corrected chi connectivity index (χ1v) is 10.5. The lowest BCUT2D eigenvalue weighted by atomic mass is 10.0. The highest BCUT2D eigenvalue weighted by molar-refractivity contribution is 6.33. The molecule has 10 nitrogen and oxygen atoms in total. The minimum atomic E-state index is -0.888. The van der Waals surface area contributed by atoms with Crippen LogP contribution in [0.3, 0.4) is 0 Å². The molecule has 2 aromatic rings. The van der Waals surface area contributed by atoms with Crippen LogP contribution >= 0.6 is 11.6 Å². The highest BCUT2D eigenvalue weighted by atomic mass is 35.5. The number of methoxy groups -OCH3 is 3. The average Bonchev–Trinajstić information content (AvgIpc) is 2.79. The van der Waals surface area contributed by atoms with Crippen LogP contribution in [0.5, 0.6) is 28.7 Å². The van der Waals surface area contributed by atoms with Gasteiger partial charge in [-0.2, -0.15) is 0 Å². The molecule has 0 heterocycles. The smallest absolute Gasteiger partial charge is 0.342 e. The SMILES string of the molecule is C=CCCc1c(Cl)c(O)cc(O)c1C(=O)OC(C)Cc1c(OC)c(OC)cc([N+](=O)[O-])c1OC. The monoisotopic (exact) mass is 495 g/mol. The van der Waals surface area contributed by atoms with Crippen molar-refractivity contribution in [3.63, 3.8) is 0 Å². The van der Waals surface area contributed by atoms with E-state index in [0.29, 0.717) is 6.42 Å². The Morgan fingerprint density at radius 1 is 1.15 bits per heavy atom. The minimum Gasteiger partial charge on any atom is -0.507 e. The second-order valence-corrected chi connectivity index (χ2v) is 7.61. The van der Waals surface area contributed by atoms with Gasteiger partial charge < -0.3 is 29.2 Å². The Bertz CT molecular complexity index is 1100. The van der Waals surface area contributed by atoms with Crippen LogP contribution in [0.25, 0.3) is 0 Å². The van der Waals surface area contributed by atoms with Crippen molar-refractivity contribution < 1.29 is 38.9 Å². The maximum Gasteiger partial charge on any atom is 0.342 e. The van der Waals surface area contributed by atoms with Gasteiger partial charge in [0.1, 0.15) is 23.2 Å². The topological polar surface area (TPSA) is 138 Å². The molecule has 0 saturated carbocycles. The number of carbonyl (C=O) groups excluding carboxylic acids is 1. The summed E-state index contributed by atoms with van der Waals surface area (Å²) in [5.41, 5.74) is -0.0601. The van der Waals surface area contributed by atoms with E-state index in [9.17, 15) is 25.1 Å². The van der Waals surface area contributed by atoms with Gasteiger partial charge in [-0.05, 0) is 25.3 Å². The lowest BCUT2D eigenvalue weighted by Gasteiger charge is -2.20. The number of halogens is 1. The number of esters is 1. The molecule has 2 N–H and O–H groups in total. The van der Waals surface area contributed by atoms with Crippen molar-refractivity contribution in [1.29, 1.82) is 0 Å². The van der Waals surface area contributed by atoms with E-state index in [1.807, 2.05) is 0 Å². The molecular formula is C23H26ClNO9. The van der Waals surface area contributed by atoms with Crippen LogP contribution in [0.1, 0.15) is 34.8 Å². The summed E-state index contributed by atoms with van der Waals surface area (Å²) in [5, 5.41) is 31.7. The van der Waals surface area contributed by atoms with Gasteiger partial charge in [-0.25, -0.2) is 4.79 Å². The van der Waals surface area contributed by atoms with Gasteiger partial charge in [0.2, 0.25) is 5.75 Å². The van der Waals surface area contributed by atoms with Crippen LogP contribution < -0.4 is 14.2 Å². The van der Waals surface area contributed by atoms with Crippen molar-refractivity contribution in [2.45, 2.75) is 32.3 Å². The van der Waals surface area contributed by atoms with E-state index in [1.54, 1.807) is 13.0 Å². The molecule has 34 heavy (non-hydrogen) atoms. The van der Waals surface area contributed by atoms with Gasteiger partial charge in [0.05, 0.1) is 42.9 Å². The van der Waals surface area contributed by atoms with E-state index in [2.05, 4.69) is 6.58 Å². The van der Waals surface area contributed by atoms with Gasteiger partial charge in [0.15, 0.2) is 11.5 Å². The molecule has 0 aliphatic rings. The van der Waals surface area contributed by atoms with Crippen molar-refractivity contribution in [1.82, 2.24) is 0 Å². The summed E-state index contributed by atoms with van der Waals surface area (Å²) in [6, 6.07) is 2.14. The van der Waals surface area contributed by atoms with Crippen molar-refractivity contribution in [2.75, 3.05) is 21.3 Å². The summed E-state index contributed by atoms with van der Waals surface area (Å²) in [7, 11) is 3.98. The Morgan fingerprint density at radius 2 is 1.79 bits per heavy atom. The Morgan fingerprint density at radius 3 is 2.32 bits per heavy atom. The molecule has 2 aromatic carbocycles. The Labute approximate surface area is 201 Å². The average molecular weight is 496 g/mol. The van der Waals surface area contributed by atoms with Crippen molar-refractivity contribution >= 4 is 23.3 Å². The zero-order valence-corrected chi connectivity index (χ0v) is 20.0. The number of phenolic OH excluding ortho intramolecular Hbond substituents is 2. The number of rotatable bonds is 11. The standard InChI is InChI=1S/C23H26ClNO9/c1-6-7-8-13-19(16(26)11-17(27)20(13)24)23(28)34-12(2)9-14-21(32-4)15(25(29)30)10-18(31-3)22(14)33-5/h6,10-12,26-27H,1,7-9H2,2-5H3. The van der Waals surface area contributed by atoms with Crippen molar-refractivity contribution in [2.24, 2.45) is 0 Å². The van der Waals surface area contributed by atoms with Crippen LogP contribution in [0, 0.1) is 10.1 Å². The molecule has 0 bridgehead atoms. The summed E-state index contributed by atoms with van der Waals surface area (Å²) < 4.78 is 21.4. The molecule has 0 aliphatic heterocycles. The molecule has 0 aromatic heterocycles. The number of benzene rings is 2. The van der Waals surface area contributed by atoms with Gasteiger partial charge >= 0.3 is 11.7 Å². The largest absolute Gasteiger partial charge is 0.507 e. The highest BCUT2D eigenvalue weighted by Crippen LogP contribution is 2.45. The van der Waals surface area contributed by atoms with E-state index in [-0.39, 0.29) is 63.2 Å². The van der Waals surface area contributed by atoms with E-state index >= 15 is 0 Å². The van der Waals surface area contributed by atoms with Crippen LogP contribution in [0.4, 0.5) is 5.69 Å². The first kappa shape index (κ1) is 26.6. The van der Waals surface area contributed by atoms with Gasteiger partial charge in [0.25, 0.3) is 0 Å². The quantitative estimate of drug-likeness (QED) is 0.198. The lowest BCUT2D eigenvalue weighted by molar-refractivity contribution is -0.385. The Kier molecular flexibility index (Phi) is 8.97. The maximum absolute atomic E-state index is 13.0. The Hall–Kier alpha value is -3.66. The van der Waals surface area contributed by atoms with Crippen molar-refractivity contribution in [3.8, 4) is 28.7 Å². The molecule has 11 heteroatoms. The summed E-state index contributed by atoms with van der Waals surface area (Å²) in [5.74, 6) is -1.52. The molecule has 0 fully saturated rings. The number of carbonyl (C=O) groups is 1. The zero-order chi connectivity index (χ0) is 25.6. The number of hydrogen-bond donors (Lipinski definition) is 2. The van der Waals surface area contributed by atoms with E-state index < -0.39 is 22.7 Å². The molecule has 2 rings (SSSR count). The zero-order valence-electron chi connectivity index (χ0n) is 19.2. The fourth-order valence-corrected chi connectivity index (χ4v) is 3.79. The fourth-order valence-electron chi connectivity index (χ4n) is 3.55. The molecule has 1 unspecified atom stereocenters. The van der Waals surface area contributed by atoms with Gasteiger partial charge in [-0.3, -0.25) is 10.1 Å². The number of nitrogens with zero attached hydrogens (tertiary/aromatic N) is 1. The van der Waals surface area contributed by atoms with Gasteiger partial charge in [0, 0.05) is 12.5 Å². The molecule has 0 saturated heterocycles. The van der Waals surface area contributed by atoms with Crippen LogP contribution in [-0.4, -0.2) is 48.5 Å². The lowest BCUT2D eigenvalue weighted by Crippen LogP contribution is -2.20. The molecule has 0 radical (unpaired) electrons. The molecule has 0 amide bonds. The molecule has 1 atom stereocenters. The highest BCUT2D eigenvalue weighted by Gasteiger charge is 2.30. The molecule has 184 valence electrons. The number of allylic oxidation sites excluding steroid dienone is 1. The van der Waals surface area contributed by atoms with Gasteiger partial charge in [-0.15, -0.1) is 6.58 Å². The number of nitro benzene ring substituents is 1. The number of nitro groups is 1. The molecule has 0 aliphatic carbocycles. The second-order valence-electron chi connectivity index (χ2n) is 7.23. The third-order valence-electron chi connectivity index (χ3n) is 5.02. The van der Waals surface area contributed by atoms with E-state index in [1.165, 1.54) is 27.4 Å². The van der Waals surface area contributed by atoms with Crippen LogP contribution in [0.15, 0.2) is 24.8 Å².